The average Bonchev–Trinajstić information content (AvgIpc) is 3.03. The predicted octanol–water partition coefficient (Wildman–Crippen LogP) is 1.69. The van der Waals surface area contributed by atoms with Crippen LogP contribution in [0.15, 0.2) is 59.5 Å². The highest BCUT2D eigenvalue weighted by molar-refractivity contribution is 7.91. The SMILES string of the molecule is C=C1C(C)N(CNC=O)C(n2c(C)ccc(NS(=O)(=O)Cc3ccccc3)c2=O)N1CC(=O)NC(C)(C)C. The van der Waals surface area contributed by atoms with Gasteiger partial charge in [-0.15, -0.1) is 0 Å². The quantitative estimate of drug-likeness (QED) is 0.388. The molecule has 0 bridgehead atoms. The number of sulfonamides is 1. The number of carbonyl (C=O) groups is 2. The Hall–Kier alpha value is -3.64. The van der Waals surface area contributed by atoms with Crippen LogP contribution in [0.4, 0.5) is 5.69 Å². The number of aryl methyl sites for hydroxylation is 1. The van der Waals surface area contributed by atoms with Gasteiger partial charge in [-0.2, -0.15) is 0 Å². The lowest BCUT2D eigenvalue weighted by molar-refractivity contribution is -0.124. The Balaban J connectivity index is 2.03. The smallest absolute Gasteiger partial charge is 0.277 e. The molecule has 1 aliphatic rings. The van der Waals surface area contributed by atoms with Crippen molar-refractivity contribution in [3.8, 4) is 0 Å². The number of carbonyl (C=O) groups excluding carboxylic acids is 2. The number of amides is 2. The third-order valence-corrected chi connectivity index (χ3v) is 7.37. The molecule has 1 aromatic heterocycles. The van der Waals surface area contributed by atoms with Crippen molar-refractivity contribution in [2.45, 2.75) is 58.2 Å². The van der Waals surface area contributed by atoms with E-state index in [4.69, 9.17) is 0 Å². The predicted molar refractivity (Wildman–Crippen MR) is 146 cm³/mol. The Morgan fingerprint density at radius 1 is 1.13 bits per heavy atom. The normalized spacial score (nSPS) is 18.3. The summed E-state index contributed by atoms with van der Waals surface area (Å²) >= 11 is 0. The first-order chi connectivity index (χ1) is 17.7. The van der Waals surface area contributed by atoms with E-state index in [2.05, 4.69) is 21.9 Å². The zero-order valence-electron chi connectivity index (χ0n) is 22.4. The van der Waals surface area contributed by atoms with Crippen LogP contribution in [0.25, 0.3) is 0 Å². The molecular formula is C26H36N6O5S. The van der Waals surface area contributed by atoms with Gasteiger partial charge in [-0.25, -0.2) is 13.3 Å². The highest BCUT2D eigenvalue weighted by atomic mass is 32.2. The van der Waals surface area contributed by atoms with Crippen LogP contribution in [0, 0.1) is 6.92 Å². The molecule has 38 heavy (non-hydrogen) atoms. The molecule has 2 aromatic rings. The van der Waals surface area contributed by atoms with Crippen molar-refractivity contribution in [1.29, 1.82) is 0 Å². The molecule has 2 amide bonds. The van der Waals surface area contributed by atoms with E-state index in [0.717, 1.165) is 0 Å². The third-order valence-electron chi connectivity index (χ3n) is 6.13. The van der Waals surface area contributed by atoms with Gasteiger partial charge in [0.15, 0.2) is 6.29 Å². The topological polar surface area (TPSA) is 133 Å². The van der Waals surface area contributed by atoms with E-state index in [1.807, 2.05) is 27.7 Å². The molecular weight excluding hydrogens is 508 g/mol. The molecule has 0 aliphatic carbocycles. The zero-order valence-corrected chi connectivity index (χ0v) is 23.2. The van der Waals surface area contributed by atoms with Crippen LogP contribution >= 0.6 is 0 Å². The maximum atomic E-state index is 13.8. The number of benzene rings is 1. The van der Waals surface area contributed by atoms with Gasteiger partial charge < -0.3 is 15.5 Å². The maximum absolute atomic E-state index is 13.8. The Morgan fingerprint density at radius 2 is 1.79 bits per heavy atom. The van der Waals surface area contributed by atoms with Crippen molar-refractivity contribution in [1.82, 2.24) is 25.0 Å². The molecule has 0 radical (unpaired) electrons. The number of rotatable bonds is 10. The van der Waals surface area contributed by atoms with Crippen LogP contribution in [0.2, 0.25) is 0 Å². The van der Waals surface area contributed by atoms with E-state index in [0.29, 0.717) is 23.4 Å². The van der Waals surface area contributed by atoms with Crippen LogP contribution in [0.3, 0.4) is 0 Å². The molecule has 206 valence electrons. The number of aromatic nitrogens is 1. The summed E-state index contributed by atoms with van der Waals surface area (Å²) in [6, 6.07) is 11.4. The van der Waals surface area contributed by atoms with Gasteiger partial charge in [-0.1, -0.05) is 36.9 Å². The number of anilines is 1. The second-order valence-electron chi connectivity index (χ2n) is 10.3. The van der Waals surface area contributed by atoms with E-state index >= 15 is 0 Å². The van der Waals surface area contributed by atoms with Crippen molar-refractivity contribution in [2.24, 2.45) is 0 Å². The molecule has 2 unspecified atom stereocenters. The lowest BCUT2D eigenvalue weighted by Gasteiger charge is -2.34. The van der Waals surface area contributed by atoms with Gasteiger partial charge in [0.1, 0.15) is 5.69 Å². The van der Waals surface area contributed by atoms with Crippen LogP contribution in [0.5, 0.6) is 0 Å². The molecule has 0 spiro atoms. The number of nitrogens with zero attached hydrogens (tertiary/aromatic N) is 3. The third kappa shape index (κ3) is 6.81. The molecule has 2 heterocycles. The summed E-state index contributed by atoms with van der Waals surface area (Å²) in [5, 5.41) is 5.54. The first-order valence-corrected chi connectivity index (χ1v) is 13.8. The molecule has 0 saturated carbocycles. The molecule has 3 rings (SSSR count). The fourth-order valence-electron chi connectivity index (χ4n) is 4.41. The van der Waals surface area contributed by atoms with Gasteiger partial charge in [0.25, 0.3) is 5.56 Å². The summed E-state index contributed by atoms with van der Waals surface area (Å²) in [5.74, 6) is -0.570. The maximum Gasteiger partial charge on any atom is 0.277 e. The monoisotopic (exact) mass is 544 g/mol. The highest BCUT2D eigenvalue weighted by Crippen LogP contribution is 2.35. The summed E-state index contributed by atoms with van der Waals surface area (Å²) < 4.78 is 29.6. The highest BCUT2D eigenvalue weighted by Gasteiger charge is 2.42. The van der Waals surface area contributed by atoms with Gasteiger partial charge in [-0.05, 0) is 52.3 Å². The van der Waals surface area contributed by atoms with Gasteiger partial charge >= 0.3 is 0 Å². The average molecular weight is 545 g/mol. The molecule has 1 aliphatic heterocycles. The Kier molecular flexibility index (Phi) is 8.68. The Morgan fingerprint density at radius 3 is 2.39 bits per heavy atom. The van der Waals surface area contributed by atoms with Crippen molar-refractivity contribution in [3.05, 3.63) is 76.4 Å². The van der Waals surface area contributed by atoms with Gasteiger partial charge in [-0.3, -0.25) is 23.7 Å². The first-order valence-electron chi connectivity index (χ1n) is 12.2. The van der Waals surface area contributed by atoms with E-state index < -0.39 is 27.4 Å². The minimum atomic E-state index is -3.90. The molecule has 1 saturated heterocycles. The van der Waals surface area contributed by atoms with Crippen molar-refractivity contribution in [2.75, 3.05) is 17.9 Å². The summed E-state index contributed by atoms with van der Waals surface area (Å²) in [5.41, 5.74) is 0.501. The van der Waals surface area contributed by atoms with Crippen LogP contribution in [-0.2, 0) is 25.4 Å². The number of hydrogen-bond acceptors (Lipinski definition) is 7. The summed E-state index contributed by atoms with van der Waals surface area (Å²) in [7, 11) is -3.90. The molecule has 3 N–H and O–H groups in total. The van der Waals surface area contributed by atoms with E-state index in [1.54, 1.807) is 53.1 Å². The standard InChI is InChI=1S/C26H36N6O5S/c1-18-12-13-22(29-38(36,37)15-21-10-8-7-9-11-21)24(35)32(18)25-30(14-23(34)28-26(4,5)6)19(2)20(3)31(25)16-27-17-33/h7-13,17,20,25,29H,2,14-16H2,1,3-6H3,(H,27,33)(H,28,34). The minimum Gasteiger partial charge on any atom is -0.350 e. The van der Waals surface area contributed by atoms with Crippen LogP contribution in [0.1, 0.15) is 45.2 Å². The molecule has 2 atom stereocenters. The van der Waals surface area contributed by atoms with Gasteiger partial charge in [0.2, 0.25) is 22.3 Å². The summed E-state index contributed by atoms with van der Waals surface area (Å²) in [6.07, 6.45) is -0.299. The second kappa shape index (κ2) is 11.4. The van der Waals surface area contributed by atoms with Crippen molar-refractivity contribution in [3.63, 3.8) is 0 Å². The fourth-order valence-corrected chi connectivity index (χ4v) is 5.60. The van der Waals surface area contributed by atoms with E-state index in [-0.39, 0.29) is 36.6 Å². The van der Waals surface area contributed by atoms with E-state index in [1.165, 1.54) is 10.6 Å². The summed E-state index contributed by atoms with van der Waals surface area (Å²) in [4.78, 5) is 41.3. The van der Waals surface area contributed by atoms with Crippen molar-refractivity contribution >= 4 is 28.0 Å². The number of nitrogens with one attached hydrogen (secondary N) is 3. The van der Waals surface area contributed by atoms with Gasteiger partial charge in [0, 0.05) is 16.9 Å². The van der Waals surface area contributed by atoms with Crippen LogP contribution in [-0.4, -0.2) is 59.9 Å². The first kappa shape index (κ1) is 28.9. The number of pyridine rings is 1. The van der Waals surface area contributed by atoms with Gasteiger partial charge in [0.05, 0.1) is 25.0 Å². The fraction of sp³-hybridized carbons (Fsp3) is 0.423. The van der Waals surface area contributed by atoms with Crippen LogP contribution < -0.4 is 20.9 Å². The largest absolute Gasteiger partial charge is 0.350 e. The summed E-state index contributed by atoms with van der Waals surface area (Å²) in [6.45, 7) is 13.3. The van der Waals surface area contributed by atoms with E-state index in [9.17, 15) is 22.8 Å². The lowest BCUT2D eigenvalue weighted by atomic mass is 10.1. The molecule has 11 nitrogen and oxygen atoms in total. The second-order valence-corrected chi connectivity index (χ2v) is 12.1. The lowest BCUT2D eigenvalue weighted by Crippen LogP contribution is -2.49. The zero-order chi connectivity index (χ0) is 28.3. The minimum absolute atomic E-state index is 0.0710. The molecule has 1 aromatic carbocycles. The Bertz CT molecular complexity index is 1350. The Labute approximate surface area is 223 Å². The number of hydrogen-bond donors (Lipinski definition) is 3. The molecule has 12 heteroatoms. The molecule has 1 fully saturated rings. The van der Waals surface area contributed by atoms with Crippen molar-refractivity contribution < 1.29 is 18.0 Å².